The molecule has 1 N–H and O–H groups in total. The van der Waals surface area contributed by atoms with Crippen LogP contribution in [-0.2, 0) is 10.8 Å². The van der Waals surface area contributed by atoms with E-state index in [1.807, 2.05) is 6.07 Å². The number of nitrogens with zero attached hydrogens (tertiary/aromatic N) is 2. The highest BCUT2D eigenvalue weighted by atomic mass is 32.2. The summed E-state index contributed by atoms with van der Waals surface area (Å²) in [6.45, 7) is 0. The fourth-order valence-corrected chi connectivity index (χ4v) is 3.64. The van der Waals surface area contributed by atoms with Crippen molar-refractivity contribution in [1.29, 1.82) is 0 Å². The van der Waals surface area contributed by atoms with Crippen LogP contribution in [0.15, 0.2) is 23.3 Å². The van der Waals surface area contributed by atoms with Crippen molar-refractivity contribution in [3.05, 3.63) is 28.9 Å². The van der Waals surface area contributed by atoms with Crippen molar-refractivity contribution in [1.82, 2.24) is 14.5 Å². The van der Waals surface area contributed by atoms with E-state index in [0.717, 1.165) is 17.5 Å². The molecule has 1 aliphatic heterocycles. The molecule has 2 aromatic rings. The molecule has 2 atom stereocenters. The maximum atomic E-state index is 11.8. The normalized spacial score (nSPS) is 25.2. The number of pyridine rings is 1. The summed E-state index contributed by atoms with van der Waals surface area (Å²) in [5, 5.41) is 0. The zero-order valence-electron chi connectivity index (χ0n) is 8.55. The Morgan fingerprint density at radius 1 is 1.56 bits per heavy atom. The van der Waals surface area contributed by atoms with Crippen molar-refractivity contribution in [3.63, 3.8) is 0 Å². The van der Waals surface area contributed by atoms with E-state index in [1.165, 1.54) is 0 Å². The lowest BCUT2D eigenvalue weighted by Crippen LogP contribution is -2.22. The maximum absolute atomic E-state index is 11.8. The van der Waals surface area contributed by atoms with Gasteiger partial charge in [0.15, 0.2) is 0 Å². The first-order valence-corrected chi connectivity index (χ1v) is 6.64. The van der Waals surface area contributed by atoms with E-state index in [0.29, 0.717) is 11.5 Å². The second kappa shape index (κ2) is 3.55. The van der Waals surface area contributed by atoms with Crippen molar-refractivity contribution in [2.75, 3.05) is 11.5 Å². The maximum Gasteiger partial charge on any atom is 0.326 e. The summed E-state index contributed by atoms with van der Waals surface area (Å²) in [5.41, 5.74) is 1.46. The van der Waals surface area contributed by atoms with Crippen LogP contribution in [0.1, 0.15) is 12.5 Å². The fourth-order valence-electron chi connectivity index (χ4n) is 2.19. The molecule has 0 bridgehead atoms. The van der Waals surface area contributed by atoms with Gasteiger partial charge in [-0.05, 0) is 12.5 Å². The molecular formula is C10H11N3O2S. The van der Waals surface area contributed by atoms with E-state index in [4.69, 9.17) is 0 Å². The second-order valence-corrected chi connectivity index (χ2v) is 5.57. The van der Waals surface area contributed by atoms with Crippen molar-refractivity contribution < 1.29 is 4.21 Å². The first-order chi connectivity index (χ1) is 7.75. The number of H-pyrrole nitrogens is 1. The molecule has 6 heteroatoms. The molecular weight excluding hydrogens is 226 g/mol. The Labute approximate surface area is 94.0 Å². The molecule has 0 aliphatic carbocycles. The molecule has 0 amide bonds. The molecule has 1 aliphatic rings. The summed E-state index contributed by atoms with van der Waals surface area (Å²) in [6, 6.07) is 1.87. The van der Waals surface area contributed by atoms with Gasteiger partial charge in [0, 0.05) is 28.5 Å². The van der Waals surface area contributed by atoms with Crippen LogP contribution in [0.3, 0.4) is 0 Å². The molecule has 84 valence electrons. The molecule has 2 aromatic heterocycles. The van der Waals surface area contributed by atoms with E-state index < -0.39 is 10.8 Å². The summed E-state index contributed by atoms with van der Waals surface area (Å²) >= 11 is 0. The lowest BCUT2D eigenvalue weighted by molar-refractivity contribution is 0.558. The Balaban J connectivity index is 2.19. The van der Waals surface area contributed by atoms with Crippen LogP contribution < -0.4 is 5.69 Å². The quantitative estimate of drug-likeness (QED) is 0.781. The van der Waals surface area contributed by atoms with Gasteiger partial charge in [0.25, 0.3) is 0 Å². The Bertz CT molecular complexity index is 616. The van der Waals surface area contributed by atoms with Crippen LogP contribution in [0.2, 0.25) is 0 Å². The van der Waals surface area contributed by atoms with Gasteiger partial charge in [-0.2, -0.15) is 0 Å². The Morgan fingerprint density at radius 3 is 3.19 bits per heavy atom. The highest BCUT2D eigenvalue weighted by Gasteiger charge is 2.25. The Kier molecular flexibility index (Phi) is 2.17. The third-order valence-corrected chi connectivity index (χ3v) is 4.39. The third kappa shape index (κ3) is 1.41. The van der Waals surface area contributed by atoms with E-state index in [9.17, 15) is 9.00 Å². The summed E-state index contributed by atoms with van der Waals surface area (Å²) < 4.78 is 13.1. The molecule has 5 nitrogen and oxygen atoms in total. The van der Waals surface area contributed by atoms with Crippen molar-refractivity contribution in [2.24, 2.45) is 0 Å². The number of fused-ring (bicyclic) bond motifs is 1. The van der Waals surface area contributed by atoms with Gasteiger partial charge in [-0.25, -0.2) is 4.79 Å². The third-order valence-electron chi connectivity index (χ3n) is 2.94. The second-order valence-electron chi connectivity index (χ2n) is 3.95. The van der Waals surface area contributed by atoms with Crippen LogP contribution in [0.25, 0.3) is 11.0 Å². The van der Waals surface area contributed by atoms with Crippen LogP contribution in [0.4, 0.5) is 0 Å². The molecule has 16 heavy (non-hydrogen) atoms. The van der Waals surface area contributed by atoms with Gasteiger partial charge < -0.3 is 4.98 Å². The van der Waals surface area contributed by atoms with E-state index in [2.05, 4.69) is 9.97 Å². The van der Waals surface area contributed by atoms with Gasteiger partial charge in [0.2, 0.25) is 0 Å². The predicted molar refractivity (Wildman–Crippen MR) is 61.9 cm³/mol. The monoisotopic (exact) mass is 237 g/mol. The van der Waals surface area contributed by atoms with Gasteiger partial charge >= 0.3 is 5.69 Å². The standard InChI is InChI=1S/C10H11N3O2S/c14-10-12-8-5-11-3-1-9(8)13(10)7-2-4-16(15)6-7/h1,3,5,7H,2,4,6H2,(H,12,14). The Morgan fingerprint density at radius 2 is 2.44 bits per heavy atom. The zero-order chi connectivity index (χ0) is 11.1. The molecule has 3 heterocycles. The zero-order valence-corrected chi connectivity index (χ0v) is 9.37. The van der Waals surface area contributed by atoms with E-state index in [-0.39, 0.29) is 11.7 Å². The van der Waals surface area contributed by atoms with Gasteiger partial charge in [-0.15, -0.1) is 0 Å². The number of imidazole rings is 1. The van der Waals surface area contributed by atoms with Crippen molar-refractivity contribution in [3.8, 4) is 0 Å². The number of nitrogens with one attached hydrogen (secondary N) is 1. The molecule has 1 fully saturated rings. The molecule has 0 saturated carbocycles. The molecule has 1 saturated heterocycles. The van der Waals surface area contributed by atoms with Crippen LogP contribution >= 0.6 is 0 Å². The van der Waals surface area contributed by atoms with Crippen LogP contribution in [-0.4, -0.2) is 30.2 Å². The molecule has 3 rings (SSSR count). The van der Waals surface area contributed by atoms with Gasteiger partial charge in [0.1, 0.15) is 0 Å². The predicted octanol–water partition coefficient (Wildman–Crippen LogP) is 0.418. The number of hydrogen-bond donors (Lipinski definition) is 1. The van der Waals surface area contributed by atoms with Crippen LogP contribution in [0, 0.1) is 0 Å². The molecule has 0 aromatic carbocycles. The largest absolute Gasteiger partial charge is 0.326 e. The van der Waals surface area contributed by atoms with Gasteiger partial charge in [0.05, 0.1) is 23.3 Å². The van der Waals surface area contributed by atoms with E-state index >= 15 is 0 Å². The fraction of sp³-hybridized carbons (Fsp3) is 0.400. The SMILES string of the molecule is O=c1[nH]c2cnccc2n1C1CCS(=O)C1. The average molecular weight is 237 g/mol. The summed E-state index contributed by atoms with van der Waals surface area (Å²) in [7, 11) is -0.778. The minimum absolute atomic E-state index is 0.0597. The number of aromatic amines is 1. The lowest BCUT2D eigenvalue weighted by Gasteiger charge is -2.09. The number of hydrogen-bond acceptors (Lipinski definition) is 3. The smallest absolute Gasteiger partial charge is 0.304 e. The topological polar surface area (TPSA) is 67.8 Å². The first-order valence-electron chi connectivity index (χ1n) is 5.15. The number of aromatic nitrogens is 3. The average Bonchev–Trinajstić information content (AvgIpc) is 2.80. The minimum atomic E-state index is -0.778. The van der Waals surface area contributed by atoms with Gasteiger partial charge in [-0.3, -0.25) is 13.8 Å². The summed E-state index contributed by atoms with van der Waals surface area (Å²) in [5.74, 6) is 1.27. The van der Waals surface area contributed by atoms with Crippen LogP contribution in [0.5, 0.6) is 0 Å². The van der Waals surface area contributed by atoms with Gasteiger partial charge in [-0.1, -0.05) is 0 Å². The molecule has 0 spiro atoms. The molecule has 0 radical (unpaired) electrons. The lowest BCUT2D eigenvalue weighted by atomic mass is 10.2. The van der Waals surface area contributed by atoms with Crippen molar-refractivity contribution >= 4 is 21.8 Å². The first kappa shape index (κ1) is 9.77. The highest BCUT2D eigenvalue weighted by molar-refractivity contribution is 7.85. The molecule has 2 unspecified atom stereocenters. The summed E-state index contributed by atoms with van der Waals surface area (Å²) in [6.07, 6.45) is 4.11. The van der Waals surface area contributed by atoms with Crippen molar-refractivity contribution in [2.45, 2.75) is 12.5 Å². The minimum Gasteiger partial charge on any atom is -0.304 e. The summed E-state index contributed by atoms with van der Waals surface area (Å²) in [4.78, 5) is 18.5. The Hall–Kier alpha value is -1.43. The highest BCUT2D eigenvalue weighted by Crippen LogP contribution is 2.22. The number of rotatable bonds is 1. The van der Waals surface area contributed by atoms with E-state index in [1.54, 1.807) is 17.0 Å².